The Morgan fingerprint density at radius 2 is 2.26 bits per heavy atom. The van der Waals surface area contributed by atoms with Crippen LogP contribution < -0.4 is 5.32 Å². The van der Waals surface area contributed by atoms with Crippen LogP contribution in [0.5, 0.6) is 0 Å². The molecule has 0 saturated heterocycles. The number of carbonyl (C=O) groups excluding carboxylic acids is 1. The minimum atomic E-state index is -0.194. The van der Waals surface area contributed by atoms with Gasteiger partial charge in [-0.25, -0.2) is 0 Å². The van der Waals surface area contributed by atoms with Crippen molar-refractivity contribution in [2.45, 2.75) is 13.5 Å². The highest BCUT2D eigenvalue weighted by atomic mass is 35.5. The molecule has 1 aromatic carbocycles. The molecule has 4 nitrogen and oxygen atoms in total. The van der Waals surface area contributed by atoms with Crippen molar-refractivity contribution in [2.75, 3.05) is 0 Å². The summed E-state index contributed by atoms with van der Waals surface area (Å²) in [6.07, 6.45) is 4.72. The number of halogens is 1. The molecule has 0 aliphatic rings. The van der Waals surface area contributed by atoms with Crippen LogP contribution in [0.1, 0.15) is 16.9 Å². The number of aryl methyl sites for hydroxylation is 1. The zero-order valence-corrected chi connectivity index (χ0v) is 11.1. The summed E-state index contributed by atoms with van der Waals surface area (Å²) in [6.45, 7) is 2.19. The van der Waals surface area contributed by atoms with E-state index in [4.69, 9.17) is 16.1 Å². The summed E-state index contributed by atoms with van der Waals surface area (Å²) in [7, 11) is 0. The molecule has 5 heteroatoms. The molecule has 0 saturated carbocycles. The first kappa shape index (κ1) is 13.4. The molecule has 2 aromatic rings. The highest BCUT2D eigenvalue weighted by molar-refractivity contribution is 6.32. The summed E-state index contributed by atoms with van der Waals surface area (Å²) < 4.78 is 4.91. The van der Waals surface area contributed by atoms with Crippen LogP contribution in [0.15, 0.2) is 41.1 Å². The van der Waals surface area contributed by atoms with Crippen LogP contribution in [0.4, 0.5) is 0 Å². The van der Waals surface area contributed by atoms with Gasteiger partial charge >= 0.3 is 0 Å². The molecule has 0 fully saturated rings. The molecule has 0 aliphatic carbocycles. The highest BCUT2D eigenvalue weighted by Crippen LogP contribution is 2.16. The first-order valence-electron chi connectivity index (χ1n) is 5.77. The van der Waals surface area contributed by atoms with Crippen LogP contribution in [0.2, 0.25) is 5.02 Å². The largest absolute Gasteiger partial charge is 0.361 e. The second-order valence-corrected chi connectivity index (χ2v) is 4.39. The average molecular weight is 277 g/mol. The van der Waals surface area contributed by atoms with Crippen LogP contribution in [0.3, 0.4) is 0 Å². The molecule has 0 aliphatic heterocycles. The predicted octanol–water partition coefficient (Wildman–Crippen LogP) is 2.97. The summed E-state index contributed by atoms with van der Waals surface area (Å²) in [5.74, 6) is 0.510. The second-order valence-electron chi connectivity index (χ2n) is 3.98. The minimum absolute atomic E-state index is 0.194. The first-order chi connectivity index (χ1) is 9.16. The number of hydrogen-bond acceptors (Lipinski definition) is 3. The predicted molar refractivity (Wildman–Crippen MR) is 73.6 cm³/mol. The summed E-state index contributed by atoms with van der Waals surface area (Å²) in [5.41, 5.74) is 1.67. The molecule has 0 radical (unpaired) electrons. The molecule has 98 valence electrons. The lowest BCUT2D eigenvalue weighted by atomic mass is 10.2. The maximum absolute atomic E-state index is 11.6. The molecule has 2 rings (SSSR count). The van der Waals surface area contributed by atoms with Gasteiger partial charge in [-0.2, -0.15) is 0 Å². The third-order valence-corrected chi connectivity index (χ3v) is 2.97. The Hall–Kier alpha value is -2.07. The summed E-state index contributed by atoms with van der Waals surface area (Å²) in [6, 6.07) is 7.33. The fourth-order valence-corrected chi connectivity index (χ4v) is 1.70. The topological polar surface area (TPSA) is 55.1 Å². The molecule has 0 unspecified atom stereocenters. The van der Waals surface area contributed by atoms with Gasteiger partial charge in [0.25, 0.3) is 0 Å². The highest BCUT2D eigenvalue weighted by Gasteiger charge is 2.03. The van der Waals surface area contributed by atoms with E-state index in [1.54, 1.807) is 25.3 Å². The van der Waals surface area contributed by atoms with Crippen molar-refractivity contribution in [3.05, 3.63) is 58.4 Å². The number of hydrogen-bond donors (Lipinski definition) is 1. The molecule has 1 amide bonds. The smallest absolute Gasteiger partial charge is 0.244 e. The van der Waals surface area contributed by atoms with Gasteiger partial charge in [0.05, 0.1) is 6.20 Å². The monoisotopic (exact) mass is 276 g/mol. The van der Waals surface area contributed by atoms with Crippen LogP contribution in [-0.4, -0.2) is 11.1 Å². The average Bonchev–Trinajstić information content (AvgIpc) is 2.81. The second kappa shape index (κ2) is 6.20. The van der Waals surface area contributed by atoms with Crippen molar-refractivity contribution in [2.24, 2.45) is 0 Å². The molecule has 0 atom stereocenters. The van der Waals surface area contributed by atoms with Gasteiger partial charge < -0.3 is 9.84 Å². The Morgan fingerprint density at radius 3 is 2.95 bits per heavy atom. The Morgan fingerprint density at radius 1 is 1.47 bits per heavy atom. The number of benzene rings is 1. The summed E-state index contributed by atoms with van der Waals surface area (Å²) in [4.78, 5) is 11.6. The van der Waals surface area contributed by atoms with Crippen molar-refractivity contribution < 1.29 is 9.32 Å². The SMILES string of the molecule is Cc1oncc1CNC(=O)C=Cc1ccccc1Cl. The van der Waals surface area contributed by atoms with E-state index in [1.807, 2.05) is 18.2 Å². The van der Waals surface area contributed by atoms with E-state index < -0.39 is 0 Å². The van der Waals surface area contributed by atoms with Gasteiger partial charge in [-0.3, -0.25) is 4.79 Å². The van der Waals surface area contributed by atoms with Gasteiger partial charge in [0, 0.05) is 23.2 Å². The Balaban J connectivity index is 1.91. The molecule has 19 heavy (non-hydrogen) atoms. The van der Waals surface area contributed by atoms with E-state index >= 15 is 0 Å². The lowest BCUT2D eigenvalue weighted by Gasteiger charge is -2.00. The third-order valence-electron chi connectivity index (χ3n) is 2.62. The molecule has 1 heterocycles. The number of aromatic nitrogens is 1. The quantitative estimate of drug-likeness (QED) is 0.874. The van der Waals surface area contributed by atoms with Crippen molar-refractivity contribution >= 4 is 23.6 Å². The Bertz CT molecular complexity index is 605. The lowest BCUT2D eigenvalue weighted by molar-refractivity contribution is -0.116. The molecular weight excluding hydrogens is 264 g/mol. The minimum Gasteiger partial charge on any atom is -0.361 e. The van der Waals surface area contributed by atoms with E-state index in [9.17, 15) is 4.79 Å². The molecular formula is C14H13ClN2O2. The van der Waals surface area contributed by atoms with E-state index in [1.165, 1.54) is 6.08 Å². The number of nitrogens with zero attached hydrogens (tertiary/aromatic N) is 1. The van der Waals surface area contributed by atoms with Gasteiger partial charge in [-0.1, -0.05) is 35.0 Å². The van der Waals surface area contributed by atoms with E-state index in [0.29, 0.717) is 17.3 Å². The zero-order valence-electron chi connectivity index (χ0n) is 10.4. The maximum Gasteiger partial charge on any atom is 0.244 e. The molecule has 0 bridgehead atoms. The fourth-order valence-electron chi connectivity index (χ4n) is 1.51. The van der Waals surface area contributed by atoms with Gasteiger partial charge in [-0.05, 0) is 24.6 Å². The van der Waals surface area contributed by atoms with Crippen molar-refractivity contribution in [1.82, 2.24) is 10.5 Å². The molecule has 1 N–H and O–H groups in total. The van der Waals surface area contributed by atoms with E-state index in [2.05, 4.69) is 10.5 Å². The normalized spacial score (nSPS) is 10.8. The Kier molecular flexibility index (Phi) is 4.36. The van der Waals surface area contributed by atoms with E-state index in [0.717, 1.165) is 11.1 Å². The zero-order chi connectivity index (χ0) is 13.7. The van der Waals surface area contributed by atoms with Crippen LogP contribution in [0.25, 0.3) is 6.08 Å². The van der Waals surface area contributed by atoms with Gasteiger partial charge in [0.1, 0.15) is 5.76 Å². The van der Waals surface area contributed by atoms with Crippen LogP contribution in [0, 0.1) is 6.92 Å². The van der Waals surface area contributed by atoms with Gasteiger partial charge in [0.15, 0.2) is 0 Å². The third kappa shape index (κ3) is 3.69. The van der Waals surface area contributed by atoms with Crippen molar-refractivity contribution in [3.8, 4) is 0 Å². The first-order valence-corrected chi connectivity index (χ1v) is 6.15. The lowest BCUT2D eigenvalue weighted by Crippen LogP contribution is -2.20. The maximum atomic E-state index is 11.6. The molecule has 0 spiro atoms. The van der Waals surface area contributed by atoms with E-state index in [-0.39, 0.29) is 5.91 Å². The number of rotatable bonds is 4. The van der Waals surface area contributed by atoms with Crippen LogP contribution >= 0.6 is 11.6 Å². The number of amides is 1. The number of carbonyl (C=O) groups is 1. The van der Waals surface area contributed by atoms with Crippen molar-refractivity contribution in [1.29, 1.82) is 0 Å². The van der Waals surface area contributed by atoms with Gasteiger partial charge in [0.2, 0.25) is 5.91 Å². The summed E-state index contributed by atoms with van der Waals surface area (Å²) in [5, 5.41) is 7.00. The Labute approximate surface area is 116 Å². The molecule has 1 aromatic heterocycles. The summed E-state index contributed by atoms with van der Waals surface area (Å²) >= 11 is 5.98. The van der Waals surface area contributed by atoms with Crippen LogP contribution in [-0.2, 0) is 11.3 Å². The number of nitrogens with one attached hydrogen (secondary N) is 1. The van der Waals surface area contributed by atoms with Gasteiger partial charge in [-0.15, -0.1) is 0 Å². The standard InChI is InChI=1S/C14H13ClN2O2/c1-10-12(9-17-19-10)8-16-14(18)7-6-11-4-2-3-5-13(11)15/h2-7,9H,8H2,1H3,(H,16,18). The van der Waals surface area contributed by atoms with Crippen molar-refractivity contribution in [3.63, 3.8) is 0 Å². The fraction of sp³-hybridized carbons (Fsp3) is 0.143.